The van der Waals surface area contributed by atoms with Crippen molar-refractivity contribution >= 4 is 29.3 Å². The van der Waals surface area contributed by atoms with Crippen molar-refractivity contribution in [3.05, 3.63) is 69.8 Å². The SMILES string of the molecule is N#CC(=Cc1ccc(OCC(=O)O)cc1)C(=O)Nc1cccc([N+](=O)[O-])c1. The minimum Gasteiger partial charge on any atom is -0.482 e. The molecule has 2 aromatic carbocycles. The molecule has 0 aromatic heterocycles. The van der Waals surface area contributed by atoms with Gasteiger partial charge >= 0.3 is 5.97 Å². The van der Waals surface area contributed by atoms with Crippen LogP contribution in [0.25, 0.3) is 6.08 Å². The van der Waals surface area contributed by atoms with Crippen LogP contribution >= 0.6 is 0 Å². The van der Waals surface area contributed by atoms with Crippen LogP contribution in [-0.4, -0.2) is 28.5 Å². The minimum absolute atomic E-state index is 0.188. The zero-order valence-electron chi connectivity index (χ0n) is 13.8. The number of aliphatic carboxylic acids is 1. The molecule has 0 aliphatic rings. The van der Waals surface area contributed by atoms with Crippen molar-refractivity contribution in [1.29, 1.82) is 5.26 Å². The Balaban J connectivity index is 2.12. The number of anilines is 1. The Labute approximate surface area is 153 Å². The van der Waals surface area contributed by atoms with Crippen LogP contribution in [0, 0.1) is 21.4 Å². The quantitative estimate of drug-likeness (QED) is 0.331. The third-order valence-electron chi connectivity index (χ3n) is 3.23. The van der Waals surface area contributed by atoms with E-state index in [1.807, 2.05) is 0 Å². The summed E-state index contributed by atoms with van der Waals surface area (Å²) >= 11 is 0. The number of nitro groups is 1. The van der Waals surface area contributed by atoms with Crippen molar-refractivity contribution in [2.24, 2.45) is 0 Å². The van der Waals surface area contributed by atoms with Gasteiger partial charge in [0, 0.05) is 17.8 Å². The summed E-state index contributed by atoms with van der Waals surface area (Å²) in [5.41, 5.74) is 0.309. The van der Waals surface area contributed by atoms with Crippen molar-refractivity contribution in [3.8, 4) is 11.8 Å². The van der Waals surface area contributed by atoms with E-state index in [0.29, 0.717) is 11.3 Å². The molecule has 0 aliphatic heterocycles. The van der Waals surface area contributed by atoms with Gasteiger partial charge in [-0.25, -0.2) is 4.79 Å². The van der Waals surface area contributed by atoms with Gasteiger partial charge in [0.25, 0.3) is 11.6 Å². The highest BCUT2D eigenvalue weighted by Gasteiger charge is 2.12. The fourth-order valence-electron chi connectivity index (χ4n) is 2.02. The molecule has 2 rings (SSSR count). The first kappa shape index (κ1) is 19.1. The minimum atomic E-state index is -1.11. The Morgan fingerprint density at radius 3 is 2.56 bits per heavy atom. The molecule has 0 unspecified atom stereocenters. The lowest BCUT2D eigenvalue weighted by molar-refractivity contribution is -0.384. The summed E-state index contributed by atoms with van der Waals surface area (Å²) in [5, 5.41) is 31.0. The molecule has 9 heteroatoms. The number of ether oxygens (including phenoxy) is 1. The van der Waals surface area contributed by atoms with E-state index in [-0.39, 0.29) is 16.9 Å². The van der Waals surface area contributed by atoms with Crippen LogP contribution in [0.3, 0.4) is 0 Å². The molecule has 2 aromatic rings. The fourth-order valence-corrected chi connectivity index (χ4v) is 2.02. The molecule has 9 nitrogen and oxygen atoms in total. The van der Waals surface area contributed by atoms with E-state index < -0.39 is 23.4 Å². The molecular weight excluding hydrogens is 354 g/mol. The highest BCUT2D eigenvalue weighted by atomic mass is 16.6. The average Bonchev–Trinajstić information content (AvgIpc) is 2.65. The van der Waals surface area contributed by atoms with Gasteiger partial charge in [0.05, 0.1) is 4.92 Å². The summed E-state index contributed by atoms with van der Waals surface area (Å²) in [6.45, 7) is -0.482. The maximum Gasteiger partial charge on any atom is 0.341 e. The summed E-state index contributed by atoms with van der Waals surface area (Å²) in [5.74, 6) is -1.50. The van der Waals surface area contributed by atoms with Gasteiger partial charge in [-0.05, 0) is 29.8 Å². The maximum absolute atomic E-state index is 12.2. The van der Waals surface area contributed by atoms with Gasteiger partial charge in [0.15, 0.2) is 6.61 Å². The van der Waals surface area contributed by atoms with Crippen LogP contribution in [0.2, 0.25) is 0 Å². The molecule has 2 N–H and O–H groups in total. The van der Waals surface area contributed by atoms with Gasteiger partial charge in [-0.2, -0.15) is 5.26 Å². The molecule has 0 fully saturated rings. The lowest BCUT2D eigenvalue weighted by atomic mass is 10.1. The topological polar surface area (TPSA) is 143 Å². The van der Waals surface area contributed by atoms with Gasteiger partial charge in [-0.1, -0.05) is 18.2 Å². The van der Waals surface area contributed by atoms with Gasteiger partial charge in [0.2, 0.25) is 0 Å². The van der Waals surface area contributed by atoms with Crippen LogP contribution in [-0.2, 0) is 9.59 Å². The van der Waals surface area contributed by atoms with Gasteiger partial charge in [-0.15, -0.1) is 0 Å². The van der Waals surface area contributed by atoms with Crippen molar-refractivity contribution in [1.82, 2.24) is 0 Å². The van der Waals surface area contributed by atoms with Crippen molar-refractivity contribution in [2.45, 2.75) is 0 Å². The normalized spacial score (nSPS) is 10.6. The number of nitrogens with zero attached hydrogens (tertiary/aromatic N) is 2. The van der Waals surface area contributed by atoms with Crippen molar-refractivity contribution < 1.29 is 24.4 Å². The van der Waals surface area contributed by atoms with E-state index in [9.17, 15) is 25.0 Å². The number of carboxylic acid groups (broad SMARTS) is 1. The molecule has 1 amide bonds. The average molecular weight is 367 g/mol. The van der Waals surface area contributed by atoms with E-state index in [1.165, 1.54) is 42.5 Å². The van der Waals surface area contributed by atoms with E-state index in [4.69, 9.17) is 9.84 Å². The number of carbonyl (C=O) groups is 2. The lowest BCUT2D eigenvalue weighted by Crippen LogP contribution is -2.13. The van der Waals surface area contributed by atoms with Crippen LogP contribution in [0.4, 0.5) is 11.4 Å². The third-order valence-corrected chi connectivity index (χ3v) is 3.23. The zero-order chi connectivity index (χ0) is 19.8. The number of hydrogen-bond acceptors (Lipinski definition) is 6. The number of rotatable bonds is 7. The number of non-ortho nitro benzene ring substituents is 1. The maximum atomic E-state index is 12.2. The molecule has 0 atom stereocenters. The third kappa shape index (κ3) is 5.68. The molecule has 0 bridgehead atoms. The first-order valence-electron chi connectivity index (χ1n) is 7.51. The number of nitriles is 1. The zero-order valence-corrected chi connectivity index (χ0v) is 13.8. The Kier molecular flexibility index (Phi) is 6.22. The van der Waals surface area contributed by atoms with Crippen LogP contribution < -0.4 is 10.1 Å². The van der Waals surface area contributed by atoms with Crippen molar-refractivity contribution in [2.75, 3.05) is 11.9 Å². The molecule has 136 valence electrons. The summed E-state index contributed by atoms with van der Waals surface area (Å²) < 4.78 is 4.99. The predicted octanol–water partition coefficient (Wildman–Crippen LogP) is 2.60. The Hall–Kier alpha value is -4.19. The van der Waals surface area contributed by atoms with E-state index in [0.717, 1.165) is 0 Å². The molecule has 27 heavy (non-hydrogen) atoms. The van der Waals surface area contributed by atoms with E-state index in [2.05, 4.69) is 5.32 Å². The molecule has 0 saturated heterocycles. The number of amides is 1. The largest absolute Gasteiger partial charge is 0.482 e. The smallest absolute Gasteiger partial charge is 0.341 e. The monoisotopic (exact) mass is 367 g/mol. The number of nitro benzene ring substituents is 1. The second-order valence-corrected chi connectivity index (χ2v) is 5.18. The fraction of sp³-hybridized carbons (Fsp3) is 0.0556. The van der Waals surface area contributed by atoms with Crippen LogP contribution in [0.5, 0.6) is 5.75 Å². The molecular formula is C18H13N3O6. The van der Waals surface area contributed by atoms with E-state index in [1.54, 1.807) is 18.2 Å². The Morgan fingerprint density at radius 1 is 1.26 bits per heavy atom. The number of carbonyl (C=O) groups excluding carboxylic acids is 1. The number of hydrogen-bond donors (Lipinski definition) is 2. The summed E-state index contributed by atoms with van der Waals surface area (Å²) in [6, 6.07) is 13.2. The van der Waals surface area contributed by atoms with Crippen LogP contribution in [0.1, 0.15) is 5.56 Å². The van der Waals surface area contributed by atoms with Crippen molar-refractivity contribution in [3.63, 3.8) is 0 Å². The second-order valence-electron chi connectivity index (χ2n) is 5.18. The standard InChI is InChI=1S/C18H13N3O6/c19-10-13(8-12-4-6-16(7-5-12)27-11-17(22)23)18(24)20-14-2-1-3-15(9-14)21(25)26/h1-9H,11H2,(H,20,24)(H,22,23). The Morgan fingerprint density at radius 2 is 1.96 bits per heavy atom. The molecule has 0 saturated carbocycles. The summed E-state index contributed by atoms with van der Waals surface area (Å²) in [7, 11) is 0. The van der Waals surface area contributed by atoms with E-state index >= 15 is 0 Å². The van der Waals surface area contributed by atoms with Gasteiger partial charge in [-0.3, -0.25) is 14.9 Å². The highest BCUT2D eigenvalue weighted by Crippen LogP contribution is 2.19. The lowest BCUT2D eigenvalue weighted by Gasteiger charge is -2.05. The number of nitrogens with one attached hydrogen (secondary N) is 1. The summed E-state index contributed by atoms with van der Waals surface area (Å²) in [6.07, 6.45) is 1.33. The molecule has 0 aliphatic carbocycles. The van der Waals surface area contributed by atoms with Gasteiger partial charge in [0.1, 0.15) is 17.4 Å². The number of benzene rings is 2. The molecule has 0 spiro atoms. The summed E-state index contributed by atoms with van der Waals surface area (Å²) in [4.78, 5) is 32.8. The molecule has 0 heterocycles. The first-order valence-corrected chi connectivity index (χ1v) is 7.51. The second kappa shape index (κ2) is 8.77. The van der Waals surface area contributed by atoms with Crippen LogP contribution in [0.15, 0.2) is 54.1 Å². The number of carboxylic acids is 1. The Bertz CT molecular complexity index is 944. The molecule has 0 radical (unpaired) electrons. The highest BCUT2D eigenvalue weighted by molar-refractivity contribution is 6.09. The predicted molar refractivity (Wildman–Crippen MR) is 94.9 cm³/mol. The first-order chi connectivity index (χ1) is 12.9. The van der Waals surface area contributed by atoms with Gasteiger partial charge < -0.3 is 15.2 Å².